The molecule has 0 radical (unpaired) electrons. The Bertz CT molecular complexity index is 647. The molecule has 3 nitrogen and oxygen atoms in total. The van der Waals surface area contributed by atoms with Gasteiger partial charge in [0.25, 0.3) is 5.91 Å². The Balaban J connectivity index is 2.50. The molecule has 0 aliphatic carbocycles. The van der Waals surface area contributed by atoms with Gasteiger partial charge in [0.05, 0.1) is 7.11 Å². The fraction of sp³-hybridized carbons (Fsp3) is 0.167. The predicted octanol–water partition coefficient (Wildman–Crippen LogP) is 3.45. The number of hydroxylamine groups is 2. The van der Waals surface area contributed by atoms with Crippen LogP contribution in [-0.2, 0) is 9.63 Å². The molecule has 0 aliphatic rings. The van der Waals surface area contributed by atoms with Crippen molar-refractivity contribution in [1.29, 1.82) is 0 Å². The van der Waals surface area contributed by atoms with Gasteiger partial charge in [-0.1, -0.05) is 60.2 Å². The van der Waals surface area contributed by atoms with Crippen LogP contribution in [0.5, 0.6) is 0 Å². The van der Waals surface area contributed by atoms with Crippen LogP contribution in [0.25, 0.3) is 5.57 Å². The highest BCUT2D eigenvalue weighted by atomic mass is 16.7. The second-order valence-electron chi connectivity index (χ2n) is 4.81. The molecule has 0 saturated heterocycles. The molecule has 1 amide bonds. The van der Waals surface area contributed by atoms with Crippen molar-refractivity contribution in [3.05, 3.63) is 77.4 Å². The van der Waals surface area contributed by atoms with Crippen molar-refractivity contribution < 1.29 is 9.63 Å². The van der Waals surface area contributed by atoms with Crippen LogP contribution in [0.2, 0.25) is 0 Å². The number of hydrogen-bond donors (Lipinski definition) is 0. The van der Waals surface area contributed by atoms with Crippen LogP contribution in [0, 0.1) is 6.92 Å². The molecular weight excluding hydrogens is 262 g/mol. The topological polar surface area (TPSA) is 29.5 Å². The van der Waals surface area contributed by atoms with Gasteiger partial charge < -0.3 is 0 Å². The molecule has 0 unspecified atom stereocenters. The first kappa shape index (κ1) is 15.0. The van der Waals surface area contributed by atoms with Gasteiger partial charge in [-0.25, -0.2) is 5.06 Å². The van der Waals surface area contributed by atoms with Crippen molar-refractivity contribution in [2.75, 3.05) is 14.2 Å². The van der Waals surface area contributed by atoms with E-state index in [0.29, 0.717) is 0 Å². The van der Waals surface area contributed by atoms with Gasteiger partial charge in [-0.05, 0) is 23.6 Å². The zero-order valence-corrected chi connectivity index (χ0v) is 12.5. The van der Waals surface area contributed by atoms with E-state index in [0.717, 1.165) is 22.3 Å². The molecule has 0 aromatic heterocycles. The van der Waals surface area contributed by atoms with Crippen molar-refractivity contribution in [2.45, 2.75) is 6.92 Å². The third-order valence-corrected chi connectivity index (χ3v) is 3.27. The van der Waals surface area contributed by atoms with Gasteiger partial charge in [-0.3, -0.25) is 9.63 Å². The molecule has 2 aromatic carbocycles. The highest BCUT2D eigenvalue weighted by Gasteiger charge is 2.10. The number of amides is 1. The maximum Gasteiger partial charge on any atom is 0.270 e. The molecule has 0 fully saturated rings. The molecule has 0 N–H and O–H groups in total. The summed E-state index contributed by atoms with van der Waals surface area (Å²) in [6.45, 7) is 2.04. The summed E-state index contributed by atoms with van der Waals surface area (Å²) >= 11 is 0. The van der Waals surface area contributed by atoms with Crippen molar-refractivity contribution in [3.8, 4) is 0 Å². The first-order valence-electron chi connectivity index (χ1n) is 6.78. The first-order valence-corrected chi connectivity index (χ1v) is 6.78. The third kappa shape index (κ3) is 3.80. The zero-order valence-electron chi connectivity index (χ0n) is 12.5. The minimum Gasteiger partial charge on any atom is -0.274 e. The van der Waals surface area contributed by atoms with Gasteiger partial charge in [-0.2, -0.15) is 0 Å². The standard InChI is InChI=1S/C18H19NO2/c1-14-8-7-11-16(12-14)17(13-18(20)19(2)21-3)15-9-5-4-6-10-15/h4-13H,1-3H3/b17-13+. The molecule has 0 saturated carbocycles. The molecule has 0 atom stereocenters. The number of carbonyl (C=O) groups is 1. The normalized spacial score (nSPS) is 11.3. The summed E-state index contributed by atoms with van der Waals surface area (Å²) in [7, 11) is 3.07. The van der Waals surface area contributed by atoms with Crippen LogP contribution >= 0.6 is 0 Å². The Morgan fingerprint density at radius 3 is 2.33 bits per heavy atom. The van der Waals surface area contributed by atoms with Gasteiger partial charge in [0, 0.05) is 13.1 Å². The smallest absolute Gasteiger partial charge is 0.270 e. The highest BCUT2D eigenvalue weighted by molar-refractivity contribution is 5.98. The molecule has 21 heavy (non-hydrogen) atoms. The summed E-state index contributed by atoms with van der Waals surface area (Å²) in [5, 5.41) is 1.21. The maximum atomic E-state index is 12.1. The summed E-state index contributed by atoms with van der Waals surface area (Å²) in [5.41, 5.74) is 4.05. The van der Waals surface area contributed by atoms with E-state index in [2.05, 4.69) is 6.07 Å². The Kier molecular flexibility index (Phi) is 4.90. The number of rotatable bonds is 4. The van der Waals surface area contributed by atoms with E-state index in [1.807, 2.05) is 55.5 Å². The fourth-order valence-corrected chi connectivity index (χ4v) is 2.07. The van der Waals surface area contributed by atoms with Crippen molar-refractivity contribution in [2.24, 2.45) is 0 Å². The number of benzene rings is 2. The summed E-state index contributed by atoms with van der Waals surface area (Å²) < 4.78 is 0. The molecule has 108 valence electrons. The maximum absolute atomic E-state index is 12.1. The van der Waals surface area contributed by atoms with Crippen molar-refractivity contribution >= 4 is 11.5 Å². The molecule has 3 heteroatoms. The third-order valence-electron chi connectivity index (χ3n) is 3.27. The lowest BCUT2D eigenvalue weighted by Gasteiger charge is -2.14. The number of aryl methyl sites for hydroxylation is 1. The van der Waals surface area contributed by atoms with Crippen LogP contribution in [0.1, 0.15) is 16.7 Å². The second kappa shape index (κ2) is 6.86. The van der Waals surface area contributed by atoms with Crippen LogP contribution in [-0.4, -0.2) is 25.1 Å². The number of hydrogen-bond acceptors (Lipinski definition) is 2. The summed E-state index contributed by atoms with van der Waals surface area (Å²) in [5.74, 6) is -0.196. The minimum atomic E-state index is -0.196. The first-order chi connectivity index (χ1) is 10.1. The van der Waals surface area contributed by atoms with Crippen LogP contribution < -0.4 is 0 Å². The monoisotopic (exact) mass is 281 g/mol. The van der Waals surface area contributed by atoms with E-state index in [-0.39, 0.29) is 5.91 Å². The molecule has 2 rings (SSSR count). The predicted molar refractivity (Wildman–Crippen MR) is 84.5 cm³/mol. The van der Waals surface area contributed by atoms with Gasteiger partial charge in [0.1, 0.15) is 0 Å². The number of carbonyl (C=O) groups excluding carboxylic acids is 1. The Morgan fingerprint density at radius 2 is 1.71 bits per heavy atom. The SMILES string of the molecule is CON(C)C(=O)/C=C(\c1ccccc1)c1cccc(C)c1. The van der Waals surface area contributed by atoms with E-state index in [1.165, 1.54) is 12.2 Å². The molecule has 0 aliphatic heterocycles. The lowest BCUT2D eigenvalue weighted by molar-refractivity contribution is -0.162. The molecular formula is C18H19NO2. The summed E-state index contributed by atoms with van der Waals surface area (Å²) in [6, 6.07) is 18.0. The van der Waals surface area contributed by atoms with Crippen molar-refractivity contribution in [1.82, 2.24) is 5.06 Å². The van der Waals surface area contributed by atoms with Gasteiger partial charge >= 0.3 is 0 Å². The second-order valence-corrected chi connectivity index (χ2v) is 4.81. The van der Waals surface area contributed by atoms with Crippen molar-refractivity contribution in [3.63, 3.8) is 0 Å². The average molecular weight is 281 g/mol. The largest absolute Gasteiger partial charge is 0.274 e. The Hall–Kier alpha value is -2.39. The number of likely N-dealkylation sites (N-methyl/N-ethyl adjacent to an activating group) is 1. The molecule has 0 bridgehead atoms. The van der Waals surface area contributed by atoms with E-state index >= 15 is 0 Å². The number of nitrogens with zero attached hydrogens (tertiary/aromatic N) is 1. The van der Waals surface area contributed by atoms with Crippen LogP contribution in [0.4, 0.5) is 0 Å². The van der Waals surface area contributed by atoms with Gasteiger partial charge in [-0.15, -0.1) is 0 Å². The van der Waals surface area contributed by atoms with Gasteiger partial charge in [0.15, 0.2) is 0 Å². The lowest BCUT2D eigenvalue weighted by atomic mass is 9.96. The zero-order chi connectivity index (χ0) is 15.2. The highest BCUT2D eigenvalue weighted by Crippen LogP contribution is 2.24. The lowest BCUT2D eigenvalue weighted by Crippen LogP contribution is -2.23. The van der Waals surface area contributed by atoms with E-state index in [4.69, 9.17) is 4.84 Å². The quantitative estimate of drug-likeness (QED) is 0.634. The Labute approximate surface area is 125 Å². The van der Waals surface area contributed by atoms with Gasteiger partial charge in [0.2, 0.25) is 0 Å². The summed E-state index contributed by atoms with van der Waals surface area (Å²) in [4.78, 5) is 17.1. The van der Waals surface area contributed by atoms with Crippen LogP contribution in [0.3, 0.4) is 0 Å². The molecule has 0 heterocycles. The summed E-state index contributed by atoms with van der Waals surface area (Å²) in [6.07, 6.45) is 1.60. The van der Waals surface area contributed by atoms with E-state index < -0.39 is 0 Å². The minimum absolute atomic E-state index is 0.196. The molecule has 2 aromatic rings. The Morgan fingerprint density at radius 1 is 1.05 bits per heavy atom. The van der Waals surface area contributed by atoms with Crippen LogP contribution in [0.15, 0.2) is 60.7 Å². The van der Waals surface area contributed by atoms with E-state index in [1.54, 1.807) is 13.1 Å². The fourth-order valence-electron chi connectivity index (χ4n) is 2.07. The molecule has 0 spiro atoms. The average Bonchev–Trinajstić information content (AvgIpc) is 2.52. The van der Waals surface area contributed by atoms with E-state index in [9.17, 15) is 4.79 Å².